The van der Waals surface area contributed by atoms with Gasteiger partial charge < -0.3 is 11.1 Å². The van der Waals surface area contributed by atoms with Crippen LogP contribution in [0.5, 0.6) is 0 Å². The molecule has 0 radical (unpaired) electrons. The van der Waals surface area contributed by atoms with E-state index in [2.05, 4.69) is 38.3 Å². The average Bonchev–Trinajstić information content (AvgIpc) is 1.78. The molecule has 66 valence electrons. The Morgan fingerprint density at radius 3 is 2.36 bits per heavy atom. The second-order valence-electron chi connectivity index (χ2n) is 3.96. The molecule has 0 aromatic heterocycles. The number of nitrogens with two attached hydrogens (primary N) is 1. The van der Waals surface area contributed by atoms with Crippen LogP contribution >= 0.6 is 12.2 Å². The quantitative estimate of drug-likeness (QED) is 0.504. The molecular formula is C8H18N2S. The van der Waals surface area contributed by atoms with Crippen LogP contribution in [-0.2, 0) is 0 Å². The van der Waals surface area contributed by atoms with Crippen molar-refractivity contribution in [3.8, 4) is 0 Å². The molecule has 2 nitrogen and oxygen atoms in total. The zero-order chi connectivity index (χ0) is 8.91. The Morgan fingerprint density at radius 1 is 1.45 bits per heavy atom. The van der Waals surface area contributed by atoms with E-state index < -0.39 is 0 Å². The topological polar surface area (TPSA) is 38.0 Å². The van der Waals surface area contributed by atoms with Crippen molar-refractivity contribution in [3.05, 3.63) is 0 Å². The Morgan fingerprint density at radius 2 is 2.00 bits per heavy atom. The maximum absolute atomic E-state index is 5.26. The minimum Gasteiger partial charge on any atom is -0.376 e. The minimum atomic E-state index is 0.402. The maximum Gasteiger partial charge on any atom is 0.163 e. The molecule has 0 bridgehead atoms. The van der Waals surface area contributed by atoms with Crippen LogP contribution in [0.15, 0.2) is 0 Å². The molecular weight excluding hydrogens is 156 g/mol. The summed E-state index contributed by atoms with van der Waals surface area (Å²) in [5, 5.41) is 3.33. The number of nitrogens with one attached hydrogen (secondary N) is 1. The summed E-state index contributed by atoms with van der Waals surface area (Å²) in [6.07, 6.45) is 2.32. The third kappa shape index (κ3) is 9.69. The summed E-state index contributed by atoms with van der Waals surface area (Å²) in [6, 6.07) is 0. The molecule has 0 saturated heterocycles. The standard InChI is InChI=1S/C8H18N2S/c1-8(2,3)5-4-6-10-7(9)11/h4-6H2,1-3H3,(H3,9,10,11). The van der Waals surface area contributed by atoms with E-state index in [1.807, 2.05) is 0 Å². The summed E-state index contributed by atoms with van der Waals surface area (Å²) in [5.74, 6) is 0. The molecule has 0 atom stereocenters. The van der Waals surface area contributed by atoms with Crippen molar-refractivity contribution in [1.82, 2.24) is 5.32 Å². The molecule has 0 aliphatic rings. The van der Waals surface area contributed by atoms with E-state index in [1.54, 1.807) is 0 Å². The number of hydrogen-bond acceptors (Lipinski definition) is 1. The van der Waals surface area contributed by atoms with Gasteiger partial charge in [0.2, 0.25) is 0 Å². The normalized spacial score (nSPS) is 11.2. The summed E-state index contributed by atoms with van der Waals surface area (Å²) in [4.78, 5) is 0. The highest BCUT2D eigenvalue weighted by Gasteiger charge is 2.08. The Kier molecular flexibility index (Phi) is 4.42. The first-order valence-corrected chi connectivity index (χ1v) is 4.36. The van der Waals surface area contributed by atoms with Gasteiger partial charge in [-0.1, -0.05) is 20.8 Å². The highest BCUT2D eigenvalue weighted by atomic mass is 32.1. The minimum absolute atomic E-state index is 0.402. The molecule has 0 fully saturated rings. The van der Waals surface area contributed by atoms with Crippen LogP contribution in [0.4, 0.5) is 0 Å². The van der Waals surface area contributed by atoms with Gasteiger partial charge in [0.15, 0.2) is 5.11 Å². The fourth-order valence-electron chi connectivity index (χ4n) is 0.830. The highest BCUT2D eigenvalue weighted by Crippen LogP contribution is 2.19. The summed E-state index contributed by atoms with van der Waals surface area (Å²) < 4.78 is 0. The SMILES string of the molecule is CC(C)(C)CCCNC(N)=S. The van der Waals surface area contributed by atoms with E-state index >= 15 is 0 Å². The van der Waals surface area contributed by atoms with Gasteiger partial charge in [0.1, 0.15) is 0 Å². The third-order valence-electron chi connectivity index (χ3n) is 1.40. The van der Waals surface area contributed by atoms with Gasteiger partial charge in [-0.3, -0.25) is 0 Å². The Labute approximate surface area is 74.5 Å². The lowest BCUT2D eigenvalue weighted by atomic mass is 9.91. The fraction of sp³-hybridized carbons (Fsp3) is 0.875. The van der Waals surface area contributed by atoms with E-state index in [0.717, 1.165) is 13.0 Å². The van der Waals surface area contributed by atoms with Crippen molar-refractivity contribution in [1.29, 1.82) is 0 Å². The van der Waals surface area contributed by atoms with E-state index in [0.29, 0.717) is 10.5 Å². The Bertz CT molecular complexity index is 127. The zero-order valence-corrected chi connectivity index (χ0v) is 8.42. The van der Waals surface area contributed by atoms with Gasteiger partial charge in [-0.15, -0.1) is 0 Å². The van der Waals surface area contributed by atoms with Crippen LogP contribution in [-0.4, -0.2) is 11.7 Å². The largest absolute Gasteiger partial charge is 0.376 e. The average molecular weight is 174 g/mol. The van der Waals surface area contributed by atoms with E-state index in [9.17, 15) is 0 Å². The first kappa shape index (κ1) is 10.7. The summed E-state index contributed by atoms with van der Waals surface area (Å²) in [6.45, 7) is 7.59. The Hall–Kier alpha value is -0.310. The van der Waals surface area contributed by atoms with E-state index in [1.165, 1.54) is 6.42 Å². The van der Waals surface area contributed by atoms with Crippen molar-refractivity contribution in [2.45, 2.75) is 33.6 Å². The molecule has 0 saturated carbocycles. The van der Waals surface area contributed by atoms with Crippen LogP contribution in [0.3, 0.4) is 0 Å². The molecule has 0 unspecified atom stereocenters. The van der Waals surface area contributed by atoms with Gasteiger partial charge in [0.25, 0.3) is 0 Å². The van der Waals surface area contributed by atoms with Gasteiger partial charge in [-0.2, -0.15) is 0 Å². The highest BCUT2D eigenvalue weighted by molar-refractivity contribution is 7.80. The van der Waals surface area contributed by atoms with E-state index in [4.69, 9.17) is 5.73 Å². The van der Waals surface area contributed by atoms with Crippen molar-refractivity contribution < 1.29 is 0 Å². The monoisotopic (exact) mass is 174 g/mol. The van der Waals surface area contributed by atoms with Gasteiger partial charge in [-0.25, -0.2) is 0 Å². The molecule has 0 rings (SSSR count). The second kappa shape index (κ2) is 4.54. The Balaban J connectivity index is 3.22. The van der Waals surface area contributed by atoms with Crippen molar-refractivity contribution in [2.24, 2.45) is 11.1 Å². The molecule has 3 heteroatoms. The zero-order valence-electron chi connectivity index (χ0n) is 7.61. The number of hydrogen-bond donors (Lipinski definition) is 2. The maximum atomic E-state index is 5.26. The lowest BCUT2D eigenvalue weighted by molar-refractivity contribution is 0.365. The van der Waals surface area contributed by atoms with Crippen LogP contribution in [0, 0.1) is 5.41 Å². The molecule has 0 spiro atoms. The predicted molar refractivity (Wildman–Crippen MR) is 53.5 cm³/mol. The van der Waals surface area contributed by atoms with Gasteiger partial charge >= 0.3 is 0 Å². The molecule has 0 aromatic rings. The number of rotatable bonds is 3. The lowest BCUT2D eigenvalue weighted by Crippen LogP contribution is -2.30. The second-order valence-corrected chi connectivity index (χ2v) is 4.40. The van der Waals surface area contributed by atoms with Crippen molar-refractivity contribution >= 4 is 17.3 Å². The van der Waals surface area contributed by atoms with Gasteiger partial charge in [0, 0.05) is 6.54 Å². The first-order chi connectivity index (χ1) is 4.92. The van der Waals surface area contributed by atoms with Gasteiger partial charge in [-0.05, 0) is 30.5 Å². The van der Waals surface area contributed by atoms with Crippen LogP contribution in [0.2, 0.25) is 0 Å². The van der Waals surface area contributed by atoms with Crippen LogP contribution < -0.4 is 11.1 Å². The molecule has 0 heterocycles. The molecule has 0 aromatic carbocycles. The summed E-state index contributed by atoms with van der Waals surface area (Å²) in [5.41, 5.74) is 5.68. The summed E-state index contributed by atoms with van der Waals surface area (Å²) >= 11 is 4.67. The van der Waals surface area contributed by atoms with Gasteiger partial charge in [0.05, 0.1) is 0 Å². The van der Waals surface area contributed by atoms with Crippen molar-refractivity contribution in [2.75, 3.05) is 6.54 Å². The lowest BCUT2D eigenvalue weighted by Gasteiger charge is -2.17. The third-order valence-corrected chi connectivity index (χ3v) is 1.55. The van der Waals surface area contributed by atoms with Crippen LogP contribution in [0.25, 0.3) is 0 Å². The molecule has 0 amide bonds. The summed E-state index contributed by atoms with van der Waals surface area (Å²) in [7, 11) is 0. The number of thiocarbonyl (C=S) groups is 1. The first-order valence-electron chi connectivity index (χ1n) is 3.95. The van der Waals surface area contributed by atoms with E-state index in [-0.39, 0.29) is 0 Å². The molecule has 3 N–H and O–H groups in total. The smallest absolute Gasteiger partial charge is 0.163 e. The molecule has 0 aliphatic heterocycles. The fourth-order valence-corrected chi connectivity index (χ4v) is 0.932. The van der Waals surface area contributed by atoms with Crippen LogP contribution in [0.1, 0.15) is 33.6 Å². The van der Waals surface area contributed by atoms with Crippen molar-refractivity contribution in [3.63, 3.8) is 0 Å². The molecule has 11 heavy (non-hydrogen) atoms. The molecule has 0 aliphatic carbocycles. The predicted octanol–water partition coefficient (Wildman–Crippen LogP) is 1.65.